The van der Waals surface area contributed by atoms with E-state index >= 15 is 0 Å². The van der Waals surface area contributed by atoms with Gasteiger partial charge in [0.25, 0.3) is 0 Å². The maximum absolute atomic E-state index is 2.34. The van der Waals surface area contributed by atoms with Crippen LogP contribution in [0.3, 0.4) is 0 Å². The molecule has 0 amide bonds. The maximum atomic E-state index is 2.34. The first-order valence-corrected chi connectivity index (χ1v) is 6.23. The van der Waals surface area contributed by atoms with Crippen LogP contribution in [0.25, 0.3) is 11.1 Å². The topological polar surface area (TPSA) is 0 Å². The van der Waals surface area contributed by atoms with Gasteiger partial charge in [0.05, 0.1) is 0 Å². The van der Waals surface area contributed by atoms with E-state index in [-0.39, 0.29) is 5.41 Å². The van der Waals surface area contributed by atoms with Gasteiger partial charge in [-0.25, -0.2) is 0 Å². The summed E-state index contributed by atoms with van der Waals surface area (Å²) in [6, 6.07) is 13.6. The van der Waals surface area contributed by atoms with Crippen LogP contribution in [-0.4, -0.2) is 7.85 Å². The first-order valence-electron chi connectivity index (χ1n) is 6.23. The molecule has 0 nitrogen and oxygen atoms in total. The van der Waals surface area contributed by atoms with Gasteiger partial charge in [0.15, 0.2) is 0 Å². The summed E-state index contributed by atoms with van der Waals surface area (Å²) in [4.78, 5) is 0. The highest BCUT2D eigenvalue weighted by Crippen LogP contribution is 2.48. The zero-order valence-corrected chi connectivity index (χ0v) is 11.0. The second-order valence-electron chi connectivity index (χ2n) is 5.72. The van der Waals surface area contributed by atoms with Gasteiger partial charge in [0.1, 0.15) is 7.85 Å². The summed E-state index contributed by atoms with van der Waals surface area (Å²) in [7, 11) is 2.17. The number of hydrogen-bond acceptors (Lipinski definition) is 0. The lowest BCUT2D eigenvalue weighted by atomic mass is 9.80. The molecule has 0 saturated heterocycles. The van der Waals surface area contributed by atoms with Crippen LogP contribution < -0.4 is 5.46 Å². The highest BCUT2D eigenvalue weighted by molar-refractivity contribution is 6.32. The molecule has 0 radical (unpaired) electrons. The predicted octanol–water partition coefficient (Wildman–Crippen LogP) is 2.56. The second kappa shape index (κ2) is 3.26. The Morgan fingerprint density at radius 3 is 2.18 bits per heavy atom. The Hall–Kier alpha value is -1.50. The Labute approximate surface area is 104 Å². The fraction of sp³-hybridized carbons (Fsp3) is 0.250. The summed E-state index contributed by atoms with van der Waals surface area (Å²) < 4.78 is 0. The van der Waals surface area contributed by atoms with Gasteiger partial charge in [0.2, 0.25) is 0 Å². The summed E-state index contributed by atoms with van der Waals surface area (Å²) in [5.74, 6) is 0. The average molecular weight is 220 g/mol. The minimum atomic E-state index is 0.142. The molecule has 3 rings (SSSR count). The summed E-state index contributed by atoms with van der Waals surface area (Å²) in [5, 5.41) is 0. The molecule has 0 fully saturated rings. The van der Waals surface area contributed by atoms with Gasteiger partial charge in [-0.3, -0.25) is 0 Å². The lowest BCUT2D eigenvalue weighted by Crippen LogP contribution is -2.17. The molecule has 17 heavy (non-hydrogen) atoms. The molecule has 2 aromatic rings. The average Bonchev–Trinajstić information content (AvgIpc) is 2.49. The molecule has 0 spiro atoms. The molecule has 0 N–H and O–H groups in total. The van der Waals surface area contributed by atoms with E-state index in [2.05, 4.69) is 65.0 Å². The van der Waals surface area contributed by atoms with Gasteiger partial charge in [-0.1, -0.05) is 61.3 Å². The minimum Gasteiger partial charge on any atom is -0.0886 e. The molecular formula is C16H17B. The van der Waals surface area contributed by atoms with E-state index in [0.717, 1.165) is 0 Å². The molecule has 0 bridgehead atoms. The normalized spacial score (nSPS) is 15.5. The number of benzene rings is 2. The van der Waals surface area contributed by atoms with E-state index in [9.17, 15) is 0 Å². The molecule has 2 aromatic carbocycles. The van der Waals surface area contributed by atoms with Crippen LogP contribution in [0.4, 0.5) is 0 Å². The largest absolute Gasteiger partial charge is 0.139 e. The summed E-state index contributed by atoms with van der Waals surface area (Å²) in [6.45, 7) is 6.83. The van der Waals surface area contributed by atoms with E-state index in [4.69, 9.17) is 0 Å². The van der Waals surface area contributed by atoms with Crippen molar-refractivity contribution in [2.75, 3.05) is 0 Å². The van der Waals surface area contributed by atoms with Crippen molar-refractivity contribution in [3.63, 3.8) is 0 Å². The van der Waals surface area contributed by atoms with Crippen LogP contribution in [-0.2, 0) is 5.41 Å². The third-order valence-electron chi connectivity index (χ3n) is 3.99. The van der Waals surface area contributed by atoms with Crippen LogP contribution in [0.5, 0.6) is 0 Å². The van der Waals surface area contributed by atoms with Crippen LogP contribution in [0.15, 0.2) is 36.4 Å². The Balaban J connectivity index is 2.37. The quantitative estimate of drug-likeness (QED) is 0.598. The molecule has 84 valence electrons. The smallest absolute Gasteiger partial charge is 0.0886 e. The Kier molecular flexibility index (Phi) is 2.04. The van der Waals surface area contributed by atoms with E-state index in [1.54, 1.807) is 0 Å². The van der Waals surface area contributed by atoms with E-state index < -0.39 is 0 Å². The monoisotopic (exact) mass is 220 g/mol. The van der Waals surface area contributed by atoms with Crippen molar-refractivity contribution in [2.24, 2.45) is 0 Å². The maximum Gasteiger partial charge on any atom is 0.139 e. The summed E-state index contributed by atoms with van der Waals surface area (Å²) >= 11 is 0. The van der Waals surface area contributed by atoms with Crippen molar-refractivity contribution in [1.29, 1.82) is 0 Å². The molecule has 0 aromatic heterocycles. The lowest BCUT2D eigenvalue weighted by Gasteiger charge is -2.22. The molecular weight excluding hydrogens is 203 g/mol. The predicted molar refractivity (Wildman–Crippen MR) is 76.9 cm³/mol. The van der Waals surface area contributed by atoms with Crippen molar-refractivity contribution in [3.05, 3.63) is 53.1 Å². The molecule has 0 atom stereocenters. The fourth-order valence-corrected chi connectivity index (χ4v) is 2.97. The van der Waals surface area contributed by atoms with Crippen molar-refractivity contribution >= 4 is 13.3 Å². The van der Waals surface area contributed by atoms with Crippen LogP contribution >= 0.6 is 0 Å². The lowest BCUT2D eigenvalue weighted by molar-refractivity contribution is 0.660. The van der Waals surface area contributed by atoms with Gasteiger partial charge < -0.3 is 0 Å². The Morgan fingerprint density at radius 2 is 1.47 bits per heavy atom. The molecule has 0 unspecified atom stereocenters. The fourth-order valence-electron chi connectivity index (χ4n) is 2.97. The Bertz CT molecular complexity index is 555. The summed E-state index contributed by atoms with van der Waals surface area (Å²) in [5.41, 5.74) is 8.60. The third kappa shape index (κ3) is 1.38. The van der Waals surface area contributed by atoms with Gasteiger partial charge >= 0.3 is 0 Å². The molecule has 1 heteroatoms. The van der Waals surface area contributed by atoms with Gasteiger partial charge in [0, 0.05) is 5.41 Å². The van der Waals surface area contributed by atoms with Crippen molar-refractivity contribution in [2.45, 2.75) is 26.2 Å². The zero-order chi connectivity index (χ0) is 12.2. The molecule has 0 heterocycles. The number of rotatable bonds is 0. The number of fused-ring (bicyclic) bond motifs is 3. The number of aryl methyl sites for hydroxylation is 1. The van der Waals surface area contributed by atoms with Gasteiger partial charge in [-0.2, -0.15) is 0 Å². The molecule has 0 aliphatic heterocycles. The second-order valence-corrected chi connectivity index (χ2v) is 5.72. The Morgan fingerprint density at radius 1 is 0.882 bits per heavy atom. The van der Waals surface area contributed by atoms with Gasteiger partial charge in [-0.15, -0.1) is 0 Å². The highest BCUT2D eigenvalue weighted by Gasteiger charge is 2.34. The third-order valence-corrected chi connectivity index (χ3v) is 3.99. The minimum absolute atomic E-state index is 0.142. The first-order chi connectivity index (χ1) is 8.00. The van der Waals surface area contributed by atoms with Crippen molar-refractivity contribution in [3.8, 4) is 11.1 Å². The van der Waals surface area contributed by atoms with Crippen molar-refractivity contribution < 1.29 is 0 Å². The van der Waals surface area contributed by atoms with Crippen LogP contribution in [0, 0.1) is 6.92 Å². The van der Waals surface area contributed by atoms with Crippen LogP contribution in [0.1, 0.15) is 30.5 Å². The van der Waals surface area contributed by atoms with Crippen molar-refractivity contribution in [1.82, 2.24) is 0 Å². The standard InChI is InChI=1S/C16H17B/c1-10-4-6-12-13-7-5-11(17)9-15(13)16(2,3)14(12)8-10/h4-9H,17H2,1-3H3. The zero-order valence-electron chi connectivity index (χ0n) is 11.0. The van der Waals surface area contributed by atoms with E-state index in [1.807, 2.05) is 0 Å². The molecule has 1 aliphatic carbocycles. The highest BCUT2D eigenvalue weighted by atomic mass is 14.4. The molecule has 1 aliphatic rings. The van der Waals surface area contributed by atoms with Crippen LogP contribution in [0.2, 0.25) is 0 Å². The first kappa shape index (κ1) is 10.6. The van der Waals surface area contributed by atoms with E-state index in [0.29, 0.717) is 0 Å². The van der Waals surface area contributed by atoms with E-state index in [1.165, 1.54) is 33.3 Å². The number of hydrogen-bond donors (Lipinski definition) is 0. The SMILES string of the molecule is Bc1ccc2c(c1)C(C)(C)c1cc(C)ccc1-2. The molecule has 0 saturated carbocycles. The van der Waals surface area contributed by atoms with Gasteiger partial charge in [-0.05, 0) is 29.2 Å². The summed E-state index contributed by atoms with van der Waals surface area (Å²) in [6.07, 6.45) is 0.